The van der Waals surface area contributed by atoms with Gasteiger partial charge in [-0.25, -0.2) is 0 Å². The minimum absolute atomic E-state index is 0.180. The van der Waals surface area contributed by atoms with Gasteiger partial charge in [0, 0.05) is 13.1 Å². The SMILES string of the molecule is CCCCC(N)C(=O)N1CCC(CCCC(C)C)CC1. The lowest BCUT2D eigenvalue weighted by molar-refractivity contribution is -0.134. The van der Waals surface area contributed by atoms with E-state index in [0.717, 1.165) is 44.2 Å². The predicted octanol–water partition coefficient (Wildman–Crippen LogP) is 3.57. The van der Waals surface area contributed by atoms with Crippen LogP contribution in [0.1, 0.15) is 72.1 Å². The molecule has 1 saturated heterocycles. The van der Waals surface area contributed by atoms with Crippen LogP contribution in [0.4, 0.5) is 0 Å². The Morgan fingerprint density at radius 1 is 1.20 bits per heavy atom. The van der Waals surface area contributed by atoms with Crippen LogP contribution in [0.5, 0.6) is 0 Å². The minimum Gasteiger partial charge on any atom is -0.341 e. The third kappa shape index (κ3) is 6.25. The van der Waals surface area contributed by atoms with Crippen molar-refractivity contribution < 1.29 is 4.79 Å². The molecule has 20 heavy (non-hydrogen) atoms. The van der Waals surface area contributed by atoms with Crippen molar-refractivity contribution in [3.63, 3.8) is 0 Å². The Bertz CT molecular complexity index is 270. The van der Waals surface area contributed by atoms with Gasteiger partial charge in [0.15, 0.2) is 0 Å². The van der Waals surface area contributed by atoms with E-state index in [1.54, 1.807) is 0 Å². The number of hydrogen-bond acceptors (Lipinski definition) is 2. The molecule has 0 saturated carbocycles. The van der Waals surface area contributed by atoms with Gasteiger partial charge in [0.05, 0.1) is 6.04 Å². The number of carbonyl (C=O) groups excluding carboxylic acids is 1. The number of rotatable bonds is 8. The monoisotopic (exact) mass is 282 g/mol. The number of carbonyl (C=O) groups is 1. The van der Waals surface area contributed by atoms with Crippen molar-refractivity contribution in [1.82, 2.24) is 4.90 Å². The van der Waals surface area contributed by atoms with Gasteiger partial charge in [-0.3, -0.25) is 4.79 Å². The van der Waals surface area contributed by atoms with E-state index in [2.05, 4.69) is 20.8 Å². The first-order valence-corrected chi connectivity index (χ1v) is 8.59. The van der Waals surface area contributed by atoms with Crippen LogP contribution >= 0.6 is 0 Å². The molecule has 0 aromatic carbocycles. The highest BCUT2D eigenvalue weighted by Crippen LogP contribution is 2.24. The van der Waals surface area contributed by atoms with Gasteiger partial charge in [0.2, 0.25) is 5.91 Å². The number of amides is 1. The lowest BCUT2D eigenvalue weighted by Gasteiger charge is -2.33. The van der Waals surface area contributed by atoms with Gasteiger partial charge < -0.3 is 10.6 Å². The molecule has 1 fully saturated rings. The van der Waals surface area contributed by atoms with Gasteiger partial charge in [0.25, 0.3) is 0 Å². The Labute approximate surface area is 125 Å². The summed E-state index contributed by atoms with van der Waals surface area (Å²) in [6.45, 7) is 8.56. The molecule has 0 radical (unpaired) electrons. The number of piperidine rings is 1. The molecule has 0 aromatic heterocycles. The Kier molecular flexibility index (Phi) is 8.20. The van der Waals surface area contributed by atoms with E-state index in [1.807, 2.05) is 4.90 Å². The van der Waals surface area contributed by atoms with Gasteiger partial charge in [-0.15, -0.1) is 0 Å². The topological polar surface area (TPSA) is 46.3 Å². The second-order valence-corrected chi connectivity index (χ2v) is 6.84. The molecule has 1 heterocycles. The second kappa shape index (κ2) is 9.38. The van der Waals surface area contributed by atoms with Crippen molar-refractivity contribution in [2.45, 2.75) is 78.2 Å². The summed E-state index contributed by atoms with van der Waals surface area (Å²) in [5.41, 5.74) is 5.99. The van der Waals surface area contributed by atoms with E-state index in [1.165, 1.54) is 32.1 Å². The number of likely N-dealkylation sites (tertiary alicyclic amines) is 1. The van der Waals surface area contributed by atoms with E-state index in [-0.39, 0.29) is 11.9 Å². The highest BCUT2D eigenvalue weighted by atomic mass is 16.2. The highest BCUT2D eigenvalue weighted by molar-refractivity contribution is 5.81. The molecule has 3 heteroatoms. The summed E-state index contributed by atoms with van der Waals surface area (Å²) < 4.78 is 0. The van der Waals surface area contributed by atoms with Crippen molar-refractivity contribution in [3.05, 3.63) is 0 Å². The first-order chi connectivity index (χ1) is 9.54. The van der Waals surface area contributed by atoms with Crippen molar-refractivity contribution in [2.75, 3.05) is 13.1 Å². The number of nitrogens with zero attached hydrogens (tertiary/aromatic N) is 1. The Hall–Kier alpha value is -0.570. The fourth-order valence-electron chi connectivity index (χ4n) is 3.04. The molecular formula is C17H34N2O. The molecule has 1 rings (SSSR count). The number of unbranched alkanes of at least 4 members (excludes halogenated alkanes) is 1. The van der Waals surface area contributed by atoms with Gasteiger partial charge in [-0.1, -0.05) is 52.9 Å². The molecule has 3 nitrogen and oxygen atoms in total. The molecular weight excluding hydrogens is 248 g/mol. The predicted molar refractivity (Wildman–Crippen MR) is 85.5 cm³/mol. The summed E-state index contributed by atoms with van der Waals surface area (Å²) in [6.07, 6.45) is 9.35. The zero-order valence-electron chi connectivity index (χ0n) is 13.7. The molecule has 0 aliphatic carbocycles. The van der Waals surface area contributed by atoms with Crippen molar-refractivity contribution in [1.29, 1.82) is 0 Å². The van der Waals surface area contributed by atoms with Gasteiger partial charge in [-0.05, 0) is 31.1 Å². The quantitative estimate of drug-likeness (QED) is 0.740. The molecule has 1 aliphatic heterocycles. The molecule has 0 aromatic rings. The van der Waals surface area contributed by atoms with Gasteiger partial charge in [-0.2, -0.15) is 0 Å². The normalized spacial score (nSPS) is 18.6. The fourth-order valence-corrected chi connectivity index (χ4v) is 3.04. The molecule has 1 amide bonds. The molecule has 0 spiro atoms. The third-order valence-corrected chi connectivity index (χ3v) is 4.51. The van der Waals surface area contributed by atoms with E-state index < -0.39 is 0 Å². The Morgan fingerprint density at radius 3 is 2.40 bits per heavy atom. The van der Waals surface area contributed by atoms with E-state index in [4.69, 9.17) is 5.73 Å². The summed E-state index contributed by atoms with van der Waals surface area (Å²) in [5, 5.41) is 0. The number of nitrogens with two attached hydrogens (primary N) is 1. The summed E-state index contributed by atoms with van der Waals surface area (Å²) in [4.78, 5) is 14.2. The Morgan fingerprint density at radius 2 is 1.85 bits per heavy atom. The van der Waals surface area contributed by atoms with Crippen LogP contribution in [0, 0.1) is 11.8 Å². The van der Waals surface area contributed by atoms with Crippen LogP contribution in [0.15, 0.2) is 0 Å². The van der Waals surface area contributed by atoms with Crippen LogP contribution in [0.3, 0.4) is 0 Å². The minimum atomic E-state index is -0.271. The van der Waals surface area contributed by atoms with Crippen molar-refractivity contribution >= 4 is 5.91 Å². The summed E-state index contributed by atoms with van der Waals surface area (Å²) in [5.74, 6) is 1.82. The zero-order chi connectivity index (χ0) is 15.0. The standard InChI is InChI=1S/C17H34N2O/c1-4-5-9-16(18)17(20)19-12-10-15(11-13-19)8-6-7-14(2)3/h14-16H,4-13,18H2,1-3H3. The molecule has 2 N–H and O–H groups in total. The largest absolute Gasteiger partial charge is 0.341 e. The Balaban J connectivity index is 2.22. The maximum atomic E-state index is 12.2. The summed E-state index contributed by atoms with van der Waals surface area (Å²) >= 11 is 0. The van der Waals surface area contributed by atoms with Crippen molar-refractivity contribution in [2.24, 2.45) is 17.6 Å². The maximum Gasteiger partial charge on any atom is 0.239 e. The highest BCUT2D eigenvalue weighted by Gasteiger charge is 2.25. The van der Waals surface area contributed by atoms with E-state index in [9.17, 15) is 4.79 Å². The summed E-state index contributed by atoms with van der Waals surface area (Å²) in [6, 6.07) is -0.271. The molecule has 1 aliphatic rings. The van der Waals surface area contributed by atoms with Crippen LogP contribution in [-0.2, 0) is 4.79 Å². The second-order valence-electron chi connectivity index (χ2n) is 6.84. The van der Waals surface area contributed by atoms with Crippen LogP contribution in [0.25, 0.3) is 0 Å². The zero-order valence-corrected chi connectivity index (χ0v) is 13.7. The smallest absolute Gasteiger partial charge is 0.239 e. The van der Waals surface area contributed by atoms with Gasteiger partial charge in [0.1, 0.15) is 0 Å². The van der Waals surface area contributed by atoms with Crippen molar-refractivity contribution in [3.8, 4) is 0 Å². The molecule has 1 unspecified atom stereocenters. The summed E-state index contributed by atoms with van der Waals surface area (Å²) in [7, 11) is 0. The number of hydrogen-bond donors (Lipinski definition) is 1. The maximum absolute atomic E-state index is 12.2. The van der Waals surface area contributed by atoms with E-state index in [0.29, 0.717) is 0 Å². The molecule has 1 atom stereocenters. The van der Waals surface area contributed by atoms with Crippen LogP contribution in [-0.4, -0.2) is 29.9 Å². The van der Waals surface area contributed by atoms with Crippen LogP contribution in [0.2, 0.25) is 0 Å². The fraction of sp³-hybridized carbons (Fsp3) is 0.941. The third-order valence-electron chi connectivity index (χ3n) is 4.51. The lowest BCUT2D eigenvalue weighted by atomic mass is 9.90. The molecule has 0 bridgehead atoms. The van der Waals surface area contributed by atoms with E-state index >= 15 is 0 Å². The molecule has 118 valence electrons. The first-order valence-electron chi connectivity index (χ1n) is 8.59. The average Bonchev–Trinajstić information content (AvgIpc) is 2.44. The lowest BCUT2D eigenvalue weighted by Crippen LogP contribution is -2.47. The first kappa shape index (κ1) is 17.5. The average molecular weight is 282 g/mol. The van der Waals surface area contributed by atoms with Crippen LogP contribution < -0.4 is 5.73 Å². The van der Waals surface area contributed by atoms with Gasteiger partial charge >= 0.3 is 0 Å².